The molecule has 0 bridgehead atoms. The van der Waals surface area contributed by atoms with Gasteiger partial charge in [0.05, 0.1) is 0 Å². The SMILES string of the molecule is CC(O)C(=O)OOC(=O)C(=O)Cn1c(=O)[nH]c2[nH]c(=O)[nH]c2c1=O. The minimum Gasteiger partial charge on any atom is -0.382 e. The van der Waals surface area contributed by atoms with Gasteiger partial charge in [0.2, 0.25) is 0 Å². The van der Waals surface area contributed by atoms with Crippen LogP contribution in [-0.4, -0.2) is 48.5 Å². The maximum atomic E-state index is 12.0. The number of hydrogen-bond donors (Lipinski definition) is 4. The first-order valence-corrected chi connectivity index (χ1v) is 6.29. The maximum Gasteiger partial charge on any atom is 0.423 e. The van der Waals surface area contributed by atoms with Crippen molar-refractivity contribution < 1.29 is 29.3 Å². The number of imidazole rings is 1. The summed E-state index contributed by atoms with van der Waals surface area (Å²) >= 11 is 0. The van der Waals surface area contributed by atoms with E-state index < -0.39 is 47.3 Å². The third kappa shape index (κ3) is 3.30. The van der Waals surface area contributed by atoms with Crippen LogP contribution in [0.15, 0.2) is 14.4 Å². The molecule has 24 heavy (non-hydrogen) atoms. The van der Waals surface area contributed by atoms with Crippen molar-refractivity contribution in [1.82, 2.24) is 19.5 Å². The summed E-state index contributed by atoms with van der Waals surface area (Å²) in [7, 11) is 0. The molecule has 128 valence electrons. The van der Waals surface area contributed by atoms with Gasteiger partial charge in [0.25, 0.3) is 11.3 Å². The largest absolute Gasteiger partial charge is 0.423 e. The van der Waals surface area contributed by atoms with Crippen molar-refractivity contribution >= 4 is 28.9 Å². The summed E-state index contributed by atoms with van der Waals surface area (Å²) in [5.74, 6) is -4.38. The normalized spacial score (nSPS) is 11.9. The predicted molar refractivity (Wildman–Crippen MR) is 72.7 cm³/mol. The number of aliphatic hydroxyl groups excluding tert-OH is 1. The summed E-state index contributed by atoms with van der Waals surface area (Å²) in [6, 6.07) is 0. The molecule has 0 aliphatic rings. The fraction of sp³-hybridized carbons (Fsp3) is 0.273. The molecule has 13 nitrogen and oxygen atoms in total. The highest BCUT2D eigenvalue weighted by Crippen LogP contribution is 1.94. The highest BCUT2D eigenvalue weighted by Gasteiger charge is 2.23. The molecule has 0 fully saturated rings. The third-order valence-electron chi connectivity index (χ3n) is 2.73. The summed E-state index contributed by atoms with van der Waals surface area (Å²) in [5.41, 5.74) is -3.33. The van der Waals surface area contributed by atoms with Crippen molar-refractivity contribution in [3.05, 3.63) is 31.3 Å². The fourth-order valence-electron chi connectivity index (χ4n) is 1.59. The van der Waals surface area contributed by atoms with Crippen molar-refractivity contribution in [2.24, 2.45) is 0 Å². The van der Waals surface area contributed by atoms with E-state index >= 15 is 0 Å². The van der Waals surface area contributed by atoms with Crippen LogP contribution in [0, 0.1) is 0 Å². The van der Waals surface area contributed by atoms with Gasteiger partial charge in [0.1, 0.15) is 12.2 Å². The lowest BCUT2D eigenvalue weighted by atomic mass is 10.4. The fourth-order valence-corrected chi connectivity index (χ4v) is 1.59. The van der Waals surface area contributed by atoms with Crippen LogP contribution in [-0.2, 0) is 30.7 Å². The van der Waals surface area contributed by atoms with E-state index in [-0.39, 0.29) is 11.2 Å². The molecule has 2 heterocycles. The van der Waals surface area contributed by atoms with E-state index in [1.807, 2.05) is 0 Å². The number of nitrogens with zero attached hydrogens (tertiary/aromatic N) is 1. The summed E-state index contributed by atoms with van der Waals surface area (Å²) in [5, 5.41) is 8.81. The Hall–Kier alpha value is -3.48. The monoisotopic (exact) mass is 342 g/mol. The molecule has 0 spiro atoms. The van der Waals surface area contributed by atoms with Crippen LogP contribution in [0.4, 0.5) is 0 Å². The van der Waals surface area contributed by atoms with Gasteiger partial charge < -0.3 is 5.11 Å². The maximum absolute atomic E-state index is 12.0. The lowest BCUT2D eigenvalue weighted by Gasteiger charge is -2.05. The van der Waals surface area contributed by atoms with E-state index in [4.69, 9.17) is 5.11 Å². The molecule has 0 aliphatic heterocycles. The second kappa shape index (κ2) is 6.33. The van der Waals surface area contributed by atoms with Gasteiger partial charge in [-0.1, -0.05) is 0 Å². The summed E-state index contributed by atoms with van der Waals surface area (Å²) in [4.78, 5) is 82.8. The van der Waals surface area contributed by atoms with E-state index in [2.05, 4.69) is 24.7 Å². The van der Waals surface area contributed by atoms with Gasteiger partial charge in [-0.15, -0.1) is 0 Å². The molecule has 2 rings (SSSR count). The molecular weight excluding hydrogens is 332 g/mol. The molecule has 4 N–H and O–H groups in total. The number of aromatic nitrogens is 4. The van der Waals surface area contributed by atoms with Crippen LogP contribution in [0.25, 0.3) is 11.2 Å². The molecule has 0 saturated heterocycles. The quantitative estimate of drug-likeness (QED) is 0.249. The Morgan fingerprint density at radius 3 is 2.42 bits per heavy atom. The van der Waals surface area contributed by atoms with Crippen molar-refractivity contribution in [2.75, 3.05) is 0 Å². The van der Waals surface area contributed by atoms with Crippen molar-refractivity contribution in [3.8, 4) is 0 Å². The van der Waals surface area contributed by atoms with Gasteiger partial charge in [-0.2, -0.15) is 0 Å². The molecule has 0 aliphatic carbocycles. The molecule has 13 heteroatoms. The highest BCUT2D eigenvalue weighted by molar-refractivity contribution is 6.33. The number of nitrogens with one attached hydrogen (secondary N) is 3. The highest BCUT2D eigenvalue weighted by atomic mass is 17.2. The summed E-state index contributed by atoms with van der Waals surface area (Å²) in [6.45, 7) is 0.00629. The first-order valence-electron chi connectivity index (χ1n) is 6.29. The molecule has 0 radical (unpaired) electrons. The zero-order valence-electron chi connectivity index (χ0n) is 11.9. The number of aliphatic hydroxyl groups is 1. The number of fused-ring (bicyclic) bond motifs is 1. The van der Waals surface area contributed by atoms with Gasteiger partial charge in [0.15, 0.2) is 11.6 Å². The Labute approximate surface area is 129 Å². The third-order valence-corrected chi connectivity index (χ3v) is 2.73. The first kappa shape index (κ1) is 16.9. The van der Waals surface area contributed by atoms with Gasteiger partial charge in [-0.05, 0) is 6.92 Å². The standard InChI is InChI=1S/C11H10N4O9/c1-3(16)8(19)23-24-9(20)4(17)2-15-7(18)5-6(14-11(15)22)13-10(21)12-5/h3,16H,2H2,1H3,(H,14,22)(H2,12,13,21). The Morgan fingerprint density at radius 2 is 1.79 bits per heavy atom. The molecule has 2 aromatic rings. The Bertz CT molecular complexity index is 989. The molecule has 0 saturated carbocycles. The topological polar surface area (TPSA) is 193 Å². The van der Waals surface area contributed by atoms with Crippen molar-refractivity contribution in [1.29, 1.82) is 0 Å². The van der Waals surface area contributed by atoms with Gasteiger partial charge in [-0.25, -0.2) is 29.0 Å². The zero-order valence-corrected chi connectivity index (χ0v) is 11.9. The second-order valence-corrected chi connectivity index (χ2v) is 4.52. The molecule has 1 unspecified atom stereocenters. The smallest absolute Gasteiger partial charge is 0.382 e. The number of carbonyl (C=O) groups excluding carboxylic acids is 3. The van der Waals surface area contributed by atoms with E-state index in [1.165, 1.54) is 0 Å². The Kier molecular flexibility index (Phi) is 4.45. The lowest BCUT2D eigenvalue weighted by Crippen LogP contribution is -2.39. The number of hydrogen-bond acceptors (Lipinski definition) is 9. The zero-order chi connectivity index (χ0) is 18.0. The summed E-state index contributed by atoms with van der Waals surface area (Å²) in [6.07, 6.45) is -1.59. The molecular formula is C11H10N4O9. The number of H-pyrrole nitrogens is 3. The number of rotatable bonds is 4. The van der Waals surface area contributed by atoms with Gasteiger partial charge in [0, 0.05) is 0 Å². The lowest BCUT2D eigenvalue weighted by molar-refractivity contribution is -0.261. The molecule has 0 amide bonds. The van der Waals surface area contributed by atoms with Crippen LogP contribution >= 0.6 is 0 Å². The van der Waals surface area contributed by atoms with Crippen LogP contribution in [0.1, 0.15) is 6.92 Å². The molecule has 0 aromatic carbocycles. The minimum absolute atomic E-state index is 0.174. The number of carbonyl (C=O) groups is 3. The van der Waals surface area contributed by atoms with Crippen LogP contribution in [0.3, 0.4) is 0 Å². The van der Waals surface area contributed by atoms with Gasteiger partial charge in [-0.3, -0.25) is 29.1 Å². The van der Waals surface area contributed by atoms with E-state index in [0.29, 0.717) is 4.57 Å². The van der Waals surface area contributed by atoms with E-state index in [0.717, 1.165) is 6.92 Å². The first-order chi connectivity index (χ1) is 11.2. The number of aromatic amines is 3. The summed E-state index contributed by atoms with van der Waals surface area (Å²) < 4.78 is 0.339. The van der Waals surface area contributed by atoms with Crippen LogP contribution in [0.5, 0.6) is 0 Å². The Balaban J connectivity index is 2.20. The van der Waals surface area contributed by atoms with Crippen molar-refractivity contribution in [2.45, 2.75) is 19.6 Å². The van der Waals surface area contributed by atoms with Gasteiger partial charge >= 0.3 is 23.3 Å². The van der Waals surface area contributed by atoms with Crippen LogP contribution < -0.4 is 16.9 Å². The van der Waals surface area contributed by atoms with Crippen LogP contribution in [0.2, 0.25) is 0 Å². The second-order valence-electron chi connectivity index (χ2n) is 4.52. The minimum atomic E-state index is -1.67. The molecule has 2 aromatic heterocycles. The predicted octanol–water partition coefficient (Wildman–Crippen LogP) is -3.34. The number of Topliss-reactive ketones (excluding diaryl/α,β-unsaturated/α-hetero) is 1. The van der Waals surface area contributed by atoms with Crippen molar-refractivity contribution in [3.63, 3.8) is 0 Å². The van der Waals surface area contributed by atoms with E-state index in [9.17, 15) is 28.8 Å². The number of ketones is 1. The molecule has 1 atom stereocenters. The van der Waals surface area contributed by atoms with E-state index in [1.54, 1.807) is 0 Å². The average Bonchev–Trinajstić information content (AvgIpc) is 2.88. The average molecular weight is 342 g/mol. The Morgan fingerprint density at radius 1 is 1.12 bits per heavy atom.